The molecule has 0 bridgehead atoms. The minimum absolute atomic E-state index is 0.0110. The topological polar surface area (TPSA) is 89.6 Å². The van der Waals surface area contributed by atoms with Gasteiger partial charge < -0.3 is 16.2 Å². The van der Waals surface area contributed by atoms with Crippen LogP contribution in [0.25, 0.3) is 0 Å². The maximum atomic E-state index is 10.7. The number of hydrogen-bond donors (Lipinski definition) is 2. The molecule has 0 heterocycles. The first-order valence-corrected chi connectivity index (χ1v) is 4.35. The van der Waals surface area contributed by atoms with Crippen LogP contribution >= 0.6 is 22.6 Å². The Morgan fingerprint density at radius 3 is 2.69 bits per heavy atom. The zero-order valence-electron chi connectivity index (χ0n) is 6.40. The first-order chi connectivity index (χ1) is 6.02. The van der Waals surface area contributed by atoms with Gasteiger partial charge in [0.25, 0.3) is 0 Å². The van der Waals surface area contributed by atoms with Crippen molar-refractivity contribution in [3.63, 3.8) is 0 Å². The van der Waals surface area contributed by atoms with Gasteiger partial charge in [0, 0.05) is 9.13 Å². The van der Waals surface area contributed by atoms with E-state index in [2.05, 4.69) is 0 Å². The van der Waals surface area contributed by atoms with Crippen LogP contribution in [-0.4, -0.2) is 11.1 Å². The number of carbonyl (C=O) groups is 1. The van der Waals surface area contributed by atoms with Gasteiger partial charge in [-0.05, 0) is 40.8 Å². The molecule has 6 heteroatoms. The van der Waals surface area contributed by atoms with E-state index < -0.39 is 5.91 Å². The van der Waals surface area contributed by atoms with Crippen molar-refractivity contribution >= 4 is 34.2 Å². The smallest absolute Gasteiger partial charge is 0.248 e. The Kier molecular flexibility index (Phi) is 3.07. The largest absolute Gasteiger partial charge is 0.733 e. The molecular weight excluding hydrogens is 287 g/mol. The minimum Gasteiger partial charge on any atom is -0.733 e. The minimum atomic E-state index is -0.639. The van der Waals surface area contributed by atoms with Crippen molar-refractivity contribution in [3.05, 3.63) is 32.5 Å². The molecule has 0 spiro atoms. The maximum Gasteiger partial charge on any atom is 0.248 e. The van der Waals surface area contributed by atoms with Crippen LogP contribution in [0.2, 0.25) is 0 Å². The normalized spacial score (nSPS) is 9.77. The van der Waals surface area contributed by atoms with Crippen LogP contribution in [0.1, 0.15) is 10.4 Å². The van der Waals surface area contributed by atoms with Crippen LogP contribution < -0.4 is 11.0 Å². The monoisotopic (exact) mass is 293 g/mol. The summed E-state index contributed by atoms with van der Waals surface area (Å²) in [5.74, 6) is -0.639. The van der Waals surface area contributed by atoms with Gasteiger partial charge in [-0.1, -0.05) is 0 Å². The highest BCUT2D eigenvalue weighted by atomic mass is 127. The van der Waals surface area contributed by atoms with Crippen LogP contribution in [0.3, 0.4) is 0 Å². The van der Waals surface area contributed by atoms with Crippen molar-refractivity contribution in [2.45, 2.75) is 0 Å². The summed E-state index contributed by atoms with van der Waals surface area (Å²) in [6.07, 6.45) is 0. The Morgan fingerprint density at radius 2 is 2.23 bits per heavy atom. The number of halogens is 1. The SMILES string of the molecule is NC(=O)c1ccc(I)c(N([O-])O)c1. The van der Waals surface area contributed by atoms with E-state index in [1.54, 1.807) is 0 Å². The van der Waals surface area contributed by atoms with Crippen LogP contribution in [0, 0.1) is 8.78 Å². The molecule has 5 nitrogen and oxygen atoms in total. The molecule has 0 fully saturated rings. The molecule has 1 aromatic carbocycles. The number of primary amides is 1. The van der Waals surface area contributed by atoms with Gasteiger partial charge in [-0.15, -0.1) is 0 Å². The molecule has 0 radical (unpaired) electrons. The van der Waals surface area contributed by atoms with Crippen molar-refractivity contribution in [1.82, 2.24) is 0 Å². The van der Waals surface area contributed by atoms with Crippen LogP contribution in [-0.2, 0) is 0 Å². The Hall–Kier alpha value is -0.860. The Morgan fingerprint density at radius 1 is 1.62 bits per heavy atom. The second kappa shape index (κ2) is 3.90. The summed E-state index contributed by atoms with van der Waals surface area (Å²) in [5, 5.41) is 18.9. The number of nitrogens with zero attached hydrogens (tertiary/aromatic N) is 1. The Labute approximate surface area is 87.8 Å². The highest BCUT2D eigenvalue weighted by molar-refractivity contribution is 14.1. The van der Waals surface area contributed by atoms with E-state index >= 15 is 0 Å². The number of amides is 1. The first-order valence-electron chi connectivity index (χ1n) is 3.28. The summed E-state index contributed by atoms with van der Waals surface area (Å²) >= 11 is 1.86. The van der Waals surface area contributed by atoms with Crippen molar-refractivity contribution < 1.29 is 10.0 Å². The summed E-state index contributed by atoms with van der Waals surface area (Å²) < 4.78 is 0.542. The summed E-state index contributed by atoms with van der Waals surface area (Å²) in [7, 11) is 0. The molecule has 0 atom stereocenters. The molecule has 70 valence electrons. The number of anilines is 1. The standard InChI is InChI=1S/C7H6IN2O3/c8-5-2-1-4(7(9)11)3-6(5)10(12)13/h1-3,12H,(H2,9,11)/q-1. The number of nitrogens with two attached hydrogens (primary N) is 1. The Balaban J connectivity index is 3.19. The van der Waals surface area contributed by atoms with E-state index in [-0.39, 0.29) is 16.5 Å². The van der Waals surface area contributed by atoms with Crippen molar-refractivity contribution in [2.24, 2.45) is 5.73 Å². The lowest BCUT2D eigenvalue weighted by Crippen LogP contribution is -2.14. The summed E-state index contributed by atoms with van der Waals surface area (Å²) in [5.41, 5.74) is 5.19. The zero-order chi connectivity index (χ0) is 10.0. The van der Waals surface area contributed by atoms with E-state index in [0.29, 0.717) is 3.57 Å². The molecule has 0 aliphatic carbocycles. The predicted molar refractivity (Wildman–Crippen MR) is 55.3 cm³/mol. The predicted octanol–water partition coefficient (Wildman–Crippen LogP) is 1.08. The molecule has 1 aromatic rings. The average molecular weight is 293 g/mol. The summed E-state index contributed by atoms with van der Waals surface area (Å²) in [4.78, 5) is 10.7. The van der Waals surface area contributed by atoms with Gasteiger partial charge in [0.05, 0.1) is 5.69 Å². The molecule has 1 amide bonds. The fourth-order valence-corrected chi connectivity index (χ4v) is 1.35. The molecule has 0 aliphatic rings. The van der Waals surface area contributed by atoms with Gasteiger partial charge in [0.2, 0.25) is 5.91 Å². The fourth-order valence-electron chi connectivity index (χ4n) is 0.813. The quantitative estimate of drug-likeness (QED) is 0.630. The van der Waals surface area contributed by atoms with Crippen LogP contribution in [0.15, 0.2) is 18.2 Å². The van der Waals surface area contributed by atoms with Crippen molar-refractivity contribution in [1.29, 1.82) is 0 Å². The number of rotatable bonds is 2. The maximum absolute atomic E-state index is 10.7. The fraction of sp³-hybridized carbons (Fsp3) is 0. The van der Waals surface area contributed by atoms with E-state index in [9.17, 15) is 10.0 Å². The molecule has 1 rings (SSSR count). The van der Waals surface area contributed by atoms with Gasteiger partial charge in [0.15, 0.2) is 0 Å². The number of benzene rings is 1. The summed E-state index contributed by atoms with van der Waals surface area (Å²) in [6, 6.07) is 4.24. The van der Waals surface area contributed by atoms with E-state index in [4.69, 9.17) is 10.9 Å². The zero-order valence-corrected chi connectivity index (χ0v) is 8.56. The van der Waals surface area contributed by atoms with Gasteiger partial charge in [-0.2, -0.15) is 0 Å². The Bertz CT molecular complexity index is 341. The van der Waals surface area contributed by atoms with Gasteiger partial charge in [-0.3, -0.25) is 10.0 Å². The highest BCUT2D eigenvalue weighted by Gasteiger charge is 2.05. The highest BCUT2D eigenvalue weighted by Crippen LogP contribution is 2.21. The lowest BCUT2D eigenvalue weighted by Gasteiger charge is -2.23. The van der Waals surface area contributed by atoms with Crippen molar-refractivity contribution in [3.8, 4) is 0 Å². The third-order valence-corrected chi connectivity index (χ3v) is 2.35. The van der Waals surface area contributed by atoms with Crippen molar-refractivity contribution in [2.75, 3.05) is 5.23 Å². The van der Waals surface area contributed by atoms with Crippen LogP contribution in [0.5, 0.6) is 0 Å². The second-order valence-electron chi connectivity index (χ2n) is 2.30. The van der Waals surface area contributed by atoms with E-state index in [1.165, 1.54) is 18.2 Å². The molecule has 3 N–H and O–H groups in total. The molecule has 0 aromatic heterocycles. The number of hydrogen-bond acceptors (Lipinski definition) is 4. The third kappa shape index (κ3) is 2.29. The summed E-state index contributed by atoms with van der Waals surface area (Å²) in [6.45, 7) is 0. The van der Waals surface area contributed by atoms with Gasteiger partial charge in [-0.25, -0.2) is 0 Å². The second-order valence-corrected chi connectivity index (χ2v) is 3.47. The lowest BCUT2D eigenvalue weighted by atomic mass is 10.2. The van der Waals surface area contributed by atoms with E-state index in [1.807, 2.05) is 22.6 Å². The molecule has 0 saturated carbocycles. The van der Waals surface area contributed by atoms with Gasteiger partial charge in [0.1, 0.15) is 0 Å². The third-order valence-electron chi connectivity index (χ3n) is 1.44. The molecular formula is C7H6IN2O3-. The average Bonchev–Trinajstić information content (AvgIpc) is 2.04. The first kappa shape index (κ1) is 10.2. The molecule has 0 saturated heterocycles. The lowest BCUT2D eigenvalue weighted by molar-refractivity contribution is 0.100. The van der Waals surface area contributed by atoms with Crippen LogP contribution in [0.4, 0.5) is 5.69 Å². The molecule has 0 unspecified atom stereocenters. The van der Waals surface area contributed by atoms with Gasteiger partial charge >= 0.3 is 0 Å². The molecule has 13 heavy (non-hydrogen) atoms. The molecule has 0 aliphatic heterocycles. The number of carbonyl (C=O) groups excluding carboxylic acids is 1. The van der Waals surface area contributed by atoms with E-state index in [0.717, 1.165) is 0 Å².